The standard InChI is InChI=1S/C12H13F3O3S/c1-8(2)11(16)7-19(17,18)10-5-3-9(4-6-10)12(13,14)15/h3-6,8H,7H2,1-2H3. The van der Waals surface area contributed by atoms with Crippen molar-refractivity contribution in [1.82, 2.24) is 0 Å². The van der Waals surface area contributed by atoms with Gasteiger partial charge in [0.05, 0.1) is 10.5 Å². The molecule has 106 valence electrons. The third-order valence-electron chi connectivity index (χ3n) is 2.52. The van der Waals surface area contributed by atoms with Crippen LogP contribution in [0.4, 0.5) is 13.2 Å². The minimum Gasteiger partial charge on any atom is -0.298 e. The van der Waals surface area contributed by atoms with Crippen molar-refractivity contribution < 1.29 is 26.4 Å². The van der Waals surface area contributed by atoms with E-state index in [1.54, 1.807) is 13.8 Å². The molecule has 19 heavy (non-hydrogen) atoms. The van der Waals surface area contributed by atoms with E-state index in [2.05, 4.69) is 0 Å². The SMILES string of the molecule is CC(C)C(=O)CS(=O)(=O)c1ccc(C(F)(F)F)cc1. The fraction of sp³-hybridized carbons (Fsp3) is 0.417. The average Bonchev–Trinajstić information content (AvgIpc) is 2.27. The van der Waals surface area contributed by atoms with Gasteiger partial charge in [0.2, 0.25) is 0 Å². The highest BCUT2D eigenvalue weighted by atomic mass is 32.2. The van der Waals surface area contributed by atoms with E-state index in [1.165, 1.54) is 0 Å². The van der Waals surface area contributed by atoms with Crippen molar-refractivity contribution in [2.45, 2.75) is 24.9 Å². The summed E-state index contributed by atoms with van der Waals surface area (Å²) in [6.07, 6.45) is -4.52. The van der Waals surface area contributed by atoms with E-state index >= 15 is 0 Å². The lowest BCUT2D eigenvalue weighted by molar-refractivity contribution is -0.137. The van der Waals surface area contributed by atoms with Crippen molar-refractivity contribution in [2.24, 2.45) is 5.92 Å². The van der Waals surface area contributed by atoms with E-state index in [4.69, 9.17) is 0 Å². The zero-order valence-electron chi connectivity index (χ0n) is 10.4. The Labute approximate surface area is 109 Å². The Morgan fingerprint density at radius 2 is 1.63 bits per heavy atom. The lowest BCUT2D eigenvalue weighted by atomic mass is 10.1. The van der Waals surface area contributed by atoms with Gasteiger partial charge >= 0.3 is 6.18 Å². The van der Waals surface area contributed by atoms with E-state index in [0.29, 0.717) is 12.1 Å². The van der Waals surface area contributed by atoms with E-state index in [9.17, 15) is 26.4 Å². The van der Waals surface area contributed by atoms with Gasteiger partial charge in [0.1, 0.15) is 5.75 Å². The van der Waals surface area contributed by atoms with Gasteiger partial charge in [-0.3, -0.25) is 4.79 Å². The maximum Gasteiger partial charge on any atom is 0.416 e. The van der Waals surface area contributed by atoms with Gasteiger partial charge in [0, 0.05) is 5.92 Å². The van der Waals surface area contributed by atoms with E-state index in [1.807, 2.05) is 0 Å². The summed E-state index contributed by atoms with van der Waals surface area (Å²) in [6, 6.07) is 3.11. The molecule has 0 amide bonds. The number of hydrogen-bond donors (Lipinski definition) is 0. The Hall–Kier alpha value is -1.37. The van der Waals surface area contributed by atoms with E-state index in [-0.39, 0.29) is 4.90 Å². The first-order valence-electron chi connectivity index (χ1n) is 5.47. The molecule has 0 heterocycles. The van der Waals surface area contributed by atoms with Crippen LogP contribution in [0.5, 0.6) is 0 Å². The molecule has 0 spiro atoms. The van der Waals surface area contributed by atoms with E-state index < -0.39 is 39.0 Å². The quantitative estimate of drug-likeness (QED) is 0.858. The molecular weight excluding hydrogens is 281 g/mol. The van der Waals surface area contributed by atoms with Crippen LogP contribution in [0.1, 0.15) is 19.4 Å². The summed E-state index contributed by atoms with van der Waals surface area (Å²) in [5.41, 5.74) is -0.929. The molecule has 1 rings (SSSR count). The third-order valence-corrected chi connectivity index (χ3v) is 4.17. The molecule has 1 aromatic rings. The molecule has 0 aromatic heterocycles. The molecule has 0 unspecified atom stereocenters. The lowest BCUT2D eigenvalue weighted by Crippen LogP contribution is -2.20. The van der Waals surface area contributed by atoms with Crippen molar-refractivity contribution in [3.63, 3.8) is 0 Å². The summed E-state index contributed by atoms with van der Waals surface area (Å²) in [4.78, 5) is 11.1. The first-order chi connectivity index (χ1) is 8.54. The molecule has 0 saturated heterocycles. The summed E-state index contributed by atoms with van der Waals surface area (Å²) in [5.74, 6) is -1.61. The topological polar surface area (TPSA) is 51.2 Å². The van der Waals surface area contributed by atoms with Crippen LogP contribution in [0.3, 0.4) is 0 Å². The van der Waals surface area contributed by atoms with Gasteiger partial charge in [-0.2, -0.15) is 13.2 Å². The number of hydrogen-bond acceptors (Lipinski definition) is 3. The molecular formula is C12H13F3O3S. The summed E-state index contributed by atoms with van der Waals surface area (Å²) in [7, 11) is -3.88. The summed E-state index contributed by atoms with van der Waals surface area (Å²) in [6.45, 7) is 3.12. The minimum absolute atomic E-state index is 0.283. The summed E-state index contributed by atoms with van der Waals surface area (Å²) < 4.78 is 60.6. The molecule has 0 fully saturated rings. The highest BCUT2D eigenvalue weighted by molar-refractivity contribution is 7.92. The zero-order chi connectivity index (χ0) is 14.8. The molecule has 0 aliphatic heterocycles. The summed E-state index contributed by atoms with van der Waals surface area (Å²) >= 11 is 0. The molecule has 3 nitrogen and oxygen atoms in total. The molecule has 0 N–H and O–H groups in total. The van der Waals surface area contributed by atoms with Crippen LogP contribution in [0, 0.1) is 5.92 Å². The van der Waals surface area contributed by atoms with Crippen molar-refractivity contribution in [1.29, 1.82) is 0 Å². The van der Waals surface area contributed by atoms with Crippen LogP contribution in [0.2, 0.25) is 0 Å². The number of benzene rings is 1. The molecule has 1 aromatic carbocycles. The number of sulfone groups is 1. The highest BCUT2D eigenvalue weighted by Crippen LogP contribution is 2.29. The maximum absolute atomic E-state index is 12.3. The third kappa shape index (κ3) is 4.05. The van der Waals surface area contributed by atoms with Crippen molar-refractivity contribution in [2.75, 3.05) is 5.75 Å². The predicted molar refractivity (Wildman–Crippen MR) is 63.3 cm³/mol. The average molecular weight is 294 g/mol. The number of rotatable bonds is 4. The number of alkyl halides is 3. The molecule has 7 heteroatoms. The first-order valence-corrected chi connectivity index (χ1v) is 7.12. The Balaban J connectivity index is 3.01. The Bertz CT molecular complexity index is 557. The molecule has 0 bridgehead atoms. The van der Waals surface area contributed by atoms with Gasteiger partial charge in [-0.1, -0.05) is 13.8 Å². The second-order valence-electron chi connectivity index (χ2n) is 4.40. The molecule has 0 aliphatic carbocycles. The smallest absolute Gasteiger partial charge is 0.298 e. The van der Waals surface area contributed by atoms with Gasteiger partial charge in [-0.05, 0) is 24.3 Å². The second kappa shape index (κ2) is 5.32. The lowest BCUT2D eigenvalue weighted by Gasteiger charge is -2.09. The van der Waals surface area contributed by atoms with Gasteiger partial charge in [0.25, 0.3) is 0 Å². The summed E-state index contributed by atoms with van der Waals surface area (Å²) in [5, 5.41) is 0. The fourth-order valence-corrected chi connectivity index (χ4v) is 2.71. The number of carbonyl (C=O) groups is 1. The van der Waals surface area contributed by atoms with E-state index in [0.717, 1.165) is 12.1 Å². The van der Waals surface area contributed by atoms with Gasteiger partial charge in [0.15, 0.2) is 15.6 Å². The number of halogens is 3. The van der Waals surface area contributed by atoms with Crippen LogP contribution in [0.25, 0.3) is 0 Å². The van der Waals surface area contributed by atoms with Crippen molar-refractivity contribution in [3.05, 3.63) is 29.8 Å². The van der Waals surface area contributed by atoms with Crippen LogP contribution in [0.15, 0.2) is 29.2 Å². The Kier molecular flexibility index (Phi) is 4.39. The van der Waals surface area contributed by atoms with Gasteiger partial charge in [-0.15, -0.1) is 0 Å². The minimum atomic E-state index is -4.52. The second-order valence-corrected chi connectivity index (χ2v) is 6.39. The van der Waals surface area contributed by atoms with Gasteiger partial charge < -0.3 is 0 Å². The number of Topliss-reactive ketones (excluding diaryl/α,β-unsaturated/α-hetero) is 1. The molecule has 0 radical (unpaired) electrons. The molecule has 0 saturated carbocycles. The molecule has 0 atom stereocenters. The fourth-order valence-electron chi connectivity index (χ4n) is 1.29. The largest absolute Gasteiger partial charge is 0.416 e. The highest BCUT2D eigenvalue weighted by Gasteiger charge is 2.31. The normalized spacial score (nSPS) is 12.7. The van der Waals surface area contributed by atoms with Crippen LogP contribution < -0.4 is 0 Å². The van der Waals surface area contributed by atoms with Gasteiger partial charge in [-0.25, -0.2) is 8.42 Å². The van der Waals surface area contributed by atoms with Crippen molar-refractivity contribution in [3.8, 4) is 0 Å². The Morgan fingerprint density at radius 1 is 1.16 bits per heavy atom. The number of carbonyl (C=O) groups excluding carboxylic acids is 1. The van der Waals surface area contributed by atoms with Crippen LogP contribution in [-0.4, -0.2) is 20.0 Å². The predicted octanol–water partition coefficient (Wildman–Crippen LogP) is 2.70. The Morgan fingerprint density at radius 3 is 2.00 bits per heavy atom. The van der Waals surface area contributed by atoms with Crippen LogP contribution >= 0.6 is 0 Å². The zero-order valence-corrected chi connectivity index (χ0v) is 11.2. The first kappa shape index (κ1) is 15.7. The maximum atomic E-state index is 12.3. The number of ketones is 1. The van der Waals surface area contributed by atoms with Crippen molar-refractivity contribution >= 4 is 15.6 Å². The molecule has 0 aliphatic rings. The van der Waals surface area contributed by atoms with Crippen LogP contribution in [-0.2, 0) is 20.8 Å². The monoisotopic (exact) mass is 294 g/mol.